The van der Waals surface area contributed by atoms with E-state index in [1.807, 2.05) is 0 Å². The Bertz CT molecular complexity index is 1560. The van der Waals surface area contributed by atoms with Crippen LogP contribution in [0.4, 0.5) is 0 Å². The zero-order chi connectivity index (χ0) is 21.5. The first-order valence-corrected chi connectivity index (χ1v) is 11.0. The Morgan fingerprint density at radius 1 is 0.438 bits per heavy atom. The Morgan fingerprint density at radius 3 is 1.69 bits per heavy atom. The number of hydrogen-bond donors (Lipinski definition) is 0. The molecule has 0 spiro atoms. The van der Waals surface area contributed by atoms with Gasteiger partial charge >= 0.3 is 0 Å². The van der Waals surface area contributed by atoms with Gasteiger partial charge in [0.25, 0.3) is 0 Å². The predicted octanol–water partition coefficient (Wildman–Crippen LogP) is 6.38. The Morgan fingerprint density at radius 2 is 1.00 bits per heavy atom. The highest BCUT2D eigenvalue weighted by Gasteiger charge is 2.14. The first-order valence-electron chi connectivity index (χ1n) is 11.0. The van der Waals surface area contributed by atoms with Crippen LogP contribution in [0.15, 0.2) is 121 Å². The molecule has 0 saturated carbocycles. The maximum absolute atomic E-state index is 2.39. The summed E-state index contributed by atoms with van der Waals surface area (Å²) in [6, 6.07) is 43.6. The van der Waals surface area contributed by atoms with Crippen LogP contribution in [0.5, 0.6) is 0 Å². The van der Waals surface area contributed by atoms with Gasteiger partial charge in [-0.1, -0.05) is 96.5 Å². The van der Waals surface area contributed by atoms with Crippen LogP contribution in [0, 0.1) is 0 Å². The van der Waals surface area contributed by atoms with E-state index in [2.05, 4.69) is 134 Å². The highest BCUT2D eigenvalue weighted by Crippen LogP contribution is 2.35. The monoisotopic (exact) mass is 407 g/mol. The van der Waals surface area contributed by atoms with Gasteiger partial charge in [-0.05, 0) is 52.6 Å². The summed E-state index contributed by atoms with van der Waals surface area (Å²) in [7, 11) is 2.17. The van der Waals surface area contributed by atoms with Gasteiger partial charge in [0.05, 0.1) is 11.0 Å². The molecule has 6 aromatic rings. The zero-order valence-corrected chi connectivity index (χ0v) is 18.0. The molecule has 32 heavy (non-hydrogen) atoms. The Kier molecular flexibility index (Phi) is 4.43. The van der Waals surface area contributed by atoms with Gasteiger partial charge in [-0.2, -0.15) is 0 Å². The lowest BCUT2D eigenvalue weighted by Gasteiger charge is -2.11. The maximum Gasteiger partial charge on any atom is 0.139 e. The topological polar surface area (TPSA) is 4.93 Å². The van der Waals surface area contributed by atoms with Crippen LogP contribution in [0.1, 0.15) is 0 Å². The van der Waals surface area contributed by atoms with Crippen molar-refractivity contribution in [2.24, 2.45) is 0 Å². The molecule has 1 heterocycles. The highest BCUT2D eigenvalue weighted by atomic mass is 15.0. The van der Waals surface area contributed by atoms with Gasteiger partial charge in [-0.15, -0.1) is 0 Å². The van der Waals surface area contributed by atoms with Crippen molar-refractivity contribution in [3.8, 4) is 27.9 Å². The smallest absolute Gasteiger partial charge is 0.139 e. The molecule has 0 aliphatic rings. The molecule has 1 nitrogen and oxygen atoms in total. The first kappa shape index (κ1) is 18.7. The molecule has 5 aromatic carbocycles. The number of benzene rings is 5. The van der Waals surface area contributed by atoms with Crippen molar-refractivity contribution in [3.05, 3.63) is 121 Å². The minimum atomic E-state index is 1.18. The number of rotatable bonds is 3. The Labute approximate surface area is 189 Å². The van der Waals surface area contributed by atoms with Gasteiger partial charge in [-0.25, -0.2) is 0 Å². The molecular weight excluding hydrogens is 385 g/mol. The fourth-order valence-corrected chi connectivity index (χ4v) is 4.68. The maximum atomic E-state index is 2.39. The fourth-order valence-electron chi connectivity index (χ4n) is 4.68. The van der Waals surface area contributed by atoms with Crippen molar-refractivity contribution in [1.29, 1.82) is 0 Å². The predicted molar refractivity (Wildman–Crippen MR) is 140 cm³/mol. The second-order valence-electron chi connectivity index (χ2n) is 8.37. The second kappa shape index (κ2) is 7.58. The minimum Gasteiger partial charge on any atom is -0.309 e. The molecule has 0 aliphatic heterocycles. The van der Waals surface area contributed by atoms with Gasteiger partial charge < -0.3 is 4.57 Å². The summed E-state index contributed by atoms with van der Waals surface area (Å²) in [5.74, 6) is 0. The van der Waals surface area contributed by atoms with E-state index in [1.54, 1.807) is 0 Å². The molecule has 0 fully saturated rings. The third-order valence-corrected chi connectivity index (χ3v) is 6.24. The second-order valence-corrected chi connectivity index (χ2v) is 8.37. The van der Waals surface area contributed by atoms with Crippen LogP contribution in [-0.4, -0.2) is 12.4 Å². The van der Waals surface area contributed by atoms with E-state index in [1.165, 1.54) is 55.2 Å². The SMILES string of the molecule is Bc1ccc2c(c1)c1cc(-c3ccccc3)ccc1n2-c1cccc(-c2ccccc2)c1. The lowest BCUT2D eigenvalue weighted by atomic mass is 9.94. The molecular formula is C30H22BN. The van der Waals surface area contributed by atoms with Crippen molar-refractivity contribution < 1.29 is 0 Å². The lowest BCUT2D eigenvalue weighted by molar-refractivity contribution is 1.18. The van der Waals surface area contributed by atoms with Gasteiger partial charge in [0.15, 0.2) is 0 Å². The lowest BCUT2D eigenvalue weighted by Crippen LogP contribution is -2.00. The van der Waals surface area contributed by atoms with Crippen molar-refractivity contribution in [1.82, 2.24) is 4.57 Å². The molecule has 2 heteroatoms. The molecule has 0 amide bonds. The highest BCUT2D eigenvalue weighted by molar-refractivity contribution is 6.34. The molecule has 0 aliphatic carbocycles. The van der Waals surface area contributed by atoms with Crippen LogP contribution in [0.25, 0.3) is 49.7 Å². The first-order chi connectivity index (χ1) is 15.8. The normalized spacial score (nSPS) is 11.2. The largest absolute Gasteiger partial charge is 0.309 e. The Hall–Kier alpha value is -4.04. The summed E-state index contributed by atoms with van der Waals surface area (Å²) < 4.78 is 2.39. The van der Waals surface area contributed by atoms with Crippen LogP contribution in [0.3, 0.4) is 0 Å². The molecule has 0 bridgehead atoms. The molecule has 0 atom stereocenters. The van der Waals surface area contributed by atoms with E-state index < -0.39 is 0 Å². The number of fused-ring (bicyclic) bond motifs is 3. The van der Waals surface area contributed by atoms with Crippen molar-refractivity contribution in [2.45, 2.75) is 0 Å². The Balaban J connectivity index is 1.62. The van der Waals surface area contributed by atoms with E-state index >= 15 is 0 Å². The molecule has 150 valence electrons. The number of hydrogen-bond acceptors (Lipinski definition) is 0. The van der Waals surface area contributed by atoms with Gasteiger partial charge in [0.2, 0.25) is 0 Å². The summed E-state index contributed by atoms with van der Waals surface area (Å²) in [5.41, 5.74) is 9.88. The van der Waals surface area contributed by atoms with Crippen molar-refractivity contribution in [2.75, 3.05) is 0 Å². The summed E-state index contributed by atoms with van der Waals surface area (Å²) >= 11 is 0. The molecule has 0 radical (unpaired) electrons. The van der Waals surface area contributed by atoms with Crippen LogP contribution in [0.2, 0.25) is 0 Å². The molecule has 0 saturated heterocycles. The molecule has 0 N–H and O–H groups in total. The van der Waals surface area contributed by atoms with Gasteiger partial charge in [0.1, 0.15) is 7.85 Å². The third kappa shape index (κ3) is 3.12. The molecule has 6 rings (SSSR count). The van der Waals surface area contributed by atoms with E-state index in [4.69, 9.17) is 0 Å². The quantitative estimate of drug-likeness (QED) is 0.300. The van der Waals surface area contributed by atoms with Crippen LogP contribution in [-0.2, 0) is 0 Å². The molecule has 0 unspecified atom stereocenters. The van der Waals surface area contributed by atoms with Crippen molar-refractivity contribution in [3.63, 3.8) is 0 Å². The van der Waals surface area contributed by atoms with E-state index in [0.717, 1.165) is 0 Å². The summed E-state index contributed by atoms with van der Waals surface area (Å²) in [6.07, 6.45) is 0. The standard InChI is InChI=1S/C30H22BN/c31-25-15-17-30-28(20-25)27-19-24(22-10-5-2-6-11-22)14-16-29(27)32(30)26-13-7-12-23(18-26)21-8-3-1-4-9-21/h1-20H,31H2. The van der Waals surface area contributed by atoms with Crippen molar-refractivity contribution >= 4 is 35.1 Å². The summed E-state index contributed by atoms with van der Waals surface area (Å²) in [6.45, 7) is 0. The minimum absolute atomic E-state index is 1.18. The van der Waals surface area contributed by atoms with E-state index in [-0.39, 0.29) is 0 Å². The summed E-state index contributed by atoms with van der Waals surface area (Å²) in [4.78, 5) is 0. The third-order valence-electron chi connectivity index (χ3n) is 6.24. The fraction of sp³-hybridized carbons (Fsp3) is 0. The van der Waals surface area contributed by atoms with E-state index in [0.29, 0.717) is 0 Å². The van der Waals surface area contributed by atoms with E-state index in [9.17, 15) is 0 Å². The molecule has 1 aromatic heterocycles. The number of aromatic nitrogens is 1. The van der Waals surface area contributed by atoms with Gasteiger partial charge in [0, 0.05) is 16.5 Å². The van der Waals surface area contributed by atoms with Crippen LogP contribution < -0.4 is 5.46 Å². The van der Waals surface area contributed by atoms with Gasteiger partial charge in [-0.3, -0.25) is 0 Å². The average molecular weight is 407 g/mol. The average Bonchev–Trinajstić information content (AvgIpc) is 3.18. The van der Waals surface area contributed by atoms with Crippen LogP contribution >= 0.6 is 0 Å². The number of nitrogens with zero attached hydrogens (tertiary/aromatic N) is 1. The summed E-state index contributed by atoms with van der Waals surface area (Å²) in [5, 5.41) is 2.58. The zero-order valence-electron chi connectivity index (χ0n) is 18.0.